The molecule has 3 rings (SSSR count). The first-order chi connectivity index (χ1) is 13.1. The number of aliphatic hydroxyl groups excluding tert-OH is 1. The Morgan fingerprint density at radius 2 is 1.81 bits per heavy atom. The molecule has 2 aromatic rings. The number of thiophene rings is 1. The Hall–Kier alpha value is -2.66. The quantitative estimate of drug-likeness (QED) is 0.403. The molecule has 0 radical (unpaired) electrons. The normalized spacial score (nSPS) is 16.7. The van der Waals surface area contributed by atoms with E-state index in [1.54, 1.807) is 0 Å². The van der Waals surface area contributed by atoms with Gasteiger partial charge in [-0.25, -0.2) is 0 Å². The van der Waals surface area contributed by atoms with Crippen molar-refractivity contribution in [1.29, 1.82) is 0 Å². The van der Waals surface area contributed by atoms with Gasteiger partial charge in [-0.2, -0.15) is 11.3 Å². The monoisotopic (exact) mass is 384 g/mol. The fourth-order valence-electron chi connectivity index (χ4n) is 3.29. The lowest BCUT2D eigenvalue weighted by atomic mass is 9.82. The minimum atomic E-state index is -0.250. The number of carboxylic acid groups (broad SMARTS) is 1. The van der Waals surface area contributed by atoms with Gasteiger partial charge < -0.3 is 10.2 Å². The zero-order valence-corrected chi connectivity index (χ0v) is 16.2. The first kappa shape index (κ1) is 20.6. The molecule has 0 spiro atoms. The minimum absolute atomic E-state index is 0.0446. The van der Waals surface area contributed by atoms with Gasteiger partial charge in [0.15, 0.2) is 5.78 Å². The molecule has 0 saturated carbocycles. The summed E-state index contributed by atoms with van der Waals surface area (Å²) in [6.07, 6.45) is 4.27. The maximum atomic E-state index is 12.9. The molecule has 0 bridgehead atoms. The van der Waals surface area contributed by atoms with Gasteiger partial charge in [-0.05, 0) is 48.3 Å². The van der Waals surface area contributed by atoms with Gasteiger partial charge in [0.1, 0.15) is 5.76 Å². The summed E-state index contributed by atoms with van der Waals surface area (Å²) in [6, 6.07) is 11.9. The van der Waals surface area contributed by atoms with Crippen LogP contribution in [-0.4, -0.2) is 22.5 Å². The second-order valence-electron chi connectivity index (χ2n) is 6.17. The smallest absolute Gasteiger partial charge is 0.290 e. The lowest BCUT2D eigenvalue weighted by molar-refractivity contribution is -0.123. The Morgan fingerprint density at radius 1 is 1.15 bits per heavy atom. The van der Waals surface area contributed by atoms with Crippen molar-refractivity contribution in [2.45, 2.75) is 39.0 Å². The van der Waals surface area contributed by atoms with E-state index in [1.165, 1.54) is 16.9 Å². The summed E-state index contributed by atoms with van der Waals surface area (Å²) in [5.41, 5.74) is 4.43. The van der Waals surface area contributed by atoms with E-state index in [4.69, 9.17) is 9.90 Å². The number of Topliss-reactive ketones (excluding diaryl/α,β-unsaturated/α-hetero) is 1. The highest BCUT2D eigenvalue weighted by molar-refractivity contribution is 7.08. The third-order valence-electron chi connectivity index (χ3n) is 4.54. The second kappa shape index (κ2) is 10.5. The highest BCUT2D eigenvalue weighted by Crippen LogP contribution is 2.38. The molecular weight excluding hydrogens is 360 g/mol. The molecule has 1 aliphatic rings. The lowest BCUT2D eigenvalue weighted by Gasteiger charge is -2.21. The van der Waals surface area contributed by atoms with Crippen LogP contribution >= 0.6 is 11.3 Å². The van der Waals surface area contributed by atoms with E-state index in [1.807, 2.05) is 47.2 Å². The van der Waals surface area contributed by atoms with Crippen LogP contribution in [0.2, 0.25) is 0 Å². The van der Waals surface area contributed by atoms with Gasteiger partial charge in [0.2, 0.25) is 0 Å². The SMILES string of the molecule is CCC1=C(c2ccccc2)C(=C(O)c2ccsc2)C(=O)CCCC1.O=CO. The fraction of sp³-hybridized carbons (Fsp3) is 0.273. The van der Waals surface area contributed by atoms with Crippen LogP contribution < -0.4 is 0 Å². The summed E-state index contributed by atoms with van der Waals surface area (Å²) in [5, 5.41) is 21.6. The first-order valence-electron chi connectivity index (χ1n) is 8.98. The van der Waals surface area contributed by atoms with Crippen LogP contribution in [0.4, 0.5) is 0 Å². The molecule has 5 heteroatoms. The van der Waals surface area contributed by atoms with Gasteiger partial charge in [0.05, 0.1) is 5.57 Å². The van der Waals surface area contributed by atoms with Crippen molar-refractivity contribution in [2.24, 2.45) is 0 Å². The van der Waals surface area contributed by atoms with E-state index in [-0.39, 0.29) is 18.0 Å². The van der Waals surface area contributed by atoms with Gasteiger partial charge in [0, 0.05) is 17.4 Å². The number of rotatable bonds is 3. The van der Waals surface area contributed by atoms with Crippen LogP contribution in [0.3, 0.4) is 0 Å². The molecule has 0 fully saturated rings. The van der Waals surface area contributed by atoms with Crippen LogP contribution in [0.1, 0.15) is 50.2 Å². The number of hydrogen-bond donors (Lipinski definition) is 2. The van der Waals surface area contributed by atoms with Crippen molar-refractivity contribution in [3.8, 4) is 0 Å². The topological polar surface area (TPSA) is 74.6 Å². The average Bonchev–Trinajstić information content (AvgIpc) is 3.21. The second-order valence-corrected chi connectivity index (χ2v) is 6.95. The Labute approximate surface area is 163 Å². The molecule has 2 N–H and O–H groups in total. The zero-order chi connectivity index (χ0) is 19.6. The predicted octanol–water partition coefficient (Wildman–Crippen LogP) is 5.72. The van der Waals surface area contributed by atoms with E-state index >= 15 is 0 Å². The Kier molecular flexibility index (Phi) is 8.01. The maximum absolute atomic E-state index is 12.9. The van der Waals surface area contributed by atoms with Crippen molar-refractivity contribution >= 4 is 34.9 Å². The van der Waals surface area contributed by atoms with E-state index in [2.05, 4.69) is 6.92 Å². The Balaban J connectivity index is 0.000000817. The summed E-state index contributed by atoms with van der Waals surface area (Å²) in [6.45, 7) is 1.88. The number of allylic oxidation sites excluding steroid dienone is 3. The zero-order valence-electron chi connectivity index (χ0n) is 15.4. The van der Waals surface area contributed by atoms with Crippen molar-refractivity contribution in [3.05, 3.63) is 69.4 Å². The third kappa shape index (κ3) is 5.17. The Bertz CT molecular complexity index is 817. The van der Waals surface area contributed by atoms with Crippen LogP contribution in [0.25, 0.3) is 11.3 Å². The summed E-state index contributed by atoms with van der Waals surface area (Å²) < 4.78 is 0. The average molecular weight is 384 g/mol. The molecule has 142 valence electrons. The number of benzene rings is 1. The van der Waals surface area contributed by atoms with Crippen molar-refractivity contribution in [2.75, 3.05) is 0 Å². The lowest BCUT2D eigenvalue weighted by Crippen LogP contribution is -2.12. The summed E-state index contributed by atoms with van der Waals surface area (Å²) >= 11 is 1.52. The molecule has 0 saturated heterocycles. The summed E-state index contributed by atoms with van der Waals surface area (Å²) in [5.74, 6) is 0.163. The van der Waals surface area contributed by atoms with E-state index in [0.717, 1.165) is 42.4 Å². The Morgan fingerprint density at radius 3 is 2.41 bits per heavy atom. The van der Waals surface area contributed by atoms with Crippen LogP contribution in [-0.2, 0) is 9.59 Å². The van der Waals surface area contributed by atoms with Gasteiger partial charge in [-0.15, -0.1) is 0 Å². The maximum Gasteiger partial charge on any atom is 0.290 e. The molecular formula is C22H24O4S. The van der Waals surface area contributed by atoms with Gasteiger partial charge >= 0.3 is 0 Å². The molecule has 27 heavy (non-hydrogen) atoms. The highest BCUT2D eigenvalue weighted by atomic mass is 32.1. The number of carbonyl (C=O) groups excluding carboxylic acids is 1. The molecule has 1 aromatic carbocycles. The number of ketones is 1. The van der Waals surface area contributed by atoms with E-state index < -0.39 is 0 Å². The van der Waals surface area contributed by atoms with E-state index in [0.29, 0.717) is 12.0 Å². The number of aliphatic hydroxyl groups is 1. The van der Waals surface area contributed by atoms with Gasteiger partial charge in [0.25, 0.3) is 6.47 Å². The third-order valence-corrected chi connectivity index (χ3v) is 5.22. The molecule has 0 unspecified atom stereocenters. The predicted molar refractivity (Wildman–Crippen MR) is 110 cm³/mol. The molecule has 1 heterocycles. The summed E-state index contributed by atoms with van der Waals surface area (Å²) in [4.78, 5) is 21.3. The highest BCUT2D eigenvalue weighted by Gasteiger charge is 2.25. The van der Waals surface area contributed by atoms with Crippen LogP contribution in [0.5, 0.6) is 0 Å². The molecule has 0 aliphatic heterocycles. The molecule has 1 aromatic heterocycles. The van der Waals surface area contributed by atoms with Gasteiger partial charge in [-0.1, -0.05) is 42.8 Å². The van der Waals surface area contributed by atoms with E-state index in [9.17, 15) is 9.90 Å². The number of hydrogen-bond acceptors (Lipinski definition) is 4. The minimum Gasteiger partial charge on any atom is -0.507 e. The van der Waals surface area contributed by atoms with Crippen LogP contribution in [0, 0.1) is 0 Å². The van der Waals surface area contributed by atoms with Crippen molar-refractivity contribution in [3.63, 3.8) is 0 Å². The largest absolute Gasteiger partial charge is 0.507 e. The van der Waals surface area contributed by atoms with Crippen molar-refractivity contribution < 1.29 is 19.8 Å². The van der Waals surface area contributed by atoms with Crippen molar-refractivity contribution in [1.82, 2.24) is 0 Å². The number of carbonyl (C=O) groups is 2. The molecule has 1 aliphatic carbocycles. The van der Waals surface area contributed by atoms with Gasteiger partial charge in [-0.3, -0.25) is 9.59 Å². The fourth-order valence-corrected chi connectivity index (χ4v) is 3.93. The summed E-state index contributed by atoms with van der Waals surface area (Å²) in [7, 11) is 0. The molecule has 4 nitrogen and oxygen atoms in total. The molecule has 0 atom stereocenters. The molecule has 0 amide bonds. The first-order valence-corrected chi connectivity index (χ1v) is 9.92. The van der Waals surface area contributed by atoms with Crippen LogP contribution in [0.15, 0.2) is 58.3 Å². The standard InChI is InChI=1S/C21H22O2S.CH2O2/c1-2-15-8-6-7-11-18(22)20(21(23)17-12-13-24-14-17)19(15)16-9-4-3-5-10-16;2-1-3/h3-5,9-10,12-14,23H,2,6-8,11H2,1H3;1H,(H,2,3).